The van der Waals surface area contributed by atoms with Crippen molar-refractivity contribution in [1.29, 1.82) is 0 Å². The smallest absolute Gasteiger partial charge is 0.323 e. The molecule has 1 aromatic carbocycles. The average molecular weight is 264 g/mol. The predicted molar refractivity (Wildman–Crippen MR) is 67.5 cm³/mol. The number of aliphatic carboxylic acids is 1. The van der Waals surface area contributed by atoms with E-state index in [9.17, 15) is 14.0 Å². The molecule has 100 valence electrons. The van der Waals surface area contributed by atoms with Crippen molar-refractivity contribution in [3.8, 4) is 0 Å². The second kappa shape index (κ2) is 4.72. The number of aromatic nitrogens is 1. The Balaban J connectivity index is 2.46. The summed E-state index contributed by atoms with van der Waals surface area (Å²) in [5, 5.41) is 9.28. The lowest BCUT2D eigenvalue weighted by atomic mass is 10.2. The lowest BCUT2D eigenvalue weighted by Crippen LogP contribution is -2.33. The molecule has 0 spiro atoms. The van der Waals surface area contributed by atoms with Gasteiger partial charge in [-0.1, -0.05) is 12.1 Å². The Labute approximate surface area is 108 Å². The van der Waals surface area contributed by atoms with Crippen LogP contribution in [0.5, 0.6) is 0 Å². The van der Waals surface area contributed by atoms with E-state index in [0.717, 1.165) is 4.90 Å². The van der Waals surface area contributed by atoms with Gasteiger partial charge in [-0.15, -0.1) is 0 Å². The quantitative estimate of drug-likeness (QED) is 0.913. The SMILES string of the molecule is CN(CC(=O)O)C(=O)c1cc2cccc(F)c2n1C. The van der Waals surface area contributed by atoms with Crippen molar-refractivity contribution >= 4 is 22.8 Å². The van der Waals surface area contributed by atoms with Crippen LogP contribution in [-0.2, 0) is 11.8 Å². The van der Waals surface area contributed by atoms with Crippen molar-refractivity contribution in [1.82, 2.24) is 9.47 Å². The van der Waals surface area contributed by atoms with Crippen LogP contribution in [0.1, 0.15) is 10.5 Å². The highest BCUT2D eigenvalue weighted by atomic mass is 19.1. The third-order valence-electron chi connectivity index (χ3n) is 2.95. The number of amides is 1. The molecule has 0 fully saturated rings. The maximum Gasteiger partial charge on any atom is 0.323 e. The lowest BCUT2D eigenvalue weighted by molar-refractivity contribution is -0.137. The lowest BCUT2D eigenvalue weighted by Gasteiger charge is -2.14. The number of carboxylic acids is 1. The fourth-order valence-electron chi connectivity index (χ4n) is 2.04. The minimum absolute atomic E-state index is 0.254. The molecular formula is C13H13FN2O3. The van der Waals surface area contributed by atoms with Crippen LogP contribution in [0.2, 0.25) is 0 Å². The molecule has 0 radical (unpaired) electrons. The van der Waals surface area contributed by atoms with Crippen molar-refractivity contribution in [3.05, 3.63) is 35.8 Å². The minimum atomic E-state index is -1.10. The van der Waals surface area contributed by atoms with Gasteiger partial charge in [0.25, 0.3) is 5.91 Å². The topological polar surface area (TPSA) is 62.5 Å². The number of para-hydroxylation sites is 1. The van der Waals surface area contributed by atoms with Crippen molar-refractivity contribution in [2.75, 3.05) is 13.6 Å². The summed E-state index contributed by atoms with van der Waals surface area (Å²) in [4.78, 5) is 23.8. The van der Waals surface area contributed by atoms with Gasteiger partial charge in [-0.25, -0.2) is 4.39 Å². The fourth-order valence-corrected chi connectivity index (χ4v) is 2.04. The molecule has 1 N–H and O–H groups in total. The summed E-state index contributed by atoms with van der Waals surface area (Å²) in [6, 6.07) is 6.13. The Morgan fingerprint density at radius 1 is 1.42 bits per heavy atom. The number of aryl methyl sites for hydroxylation is 1. The van der Waals surface area contributed by atoms with Crippen LogP contribution in [0.15, 0.2) is 24.3 Å². The minimum Gasteiger partial charge on any atom is -0.480 e. The summed E-state index contributed by atoms with van der Waals surface area (Å²) in [6.07, 6.45) is 0. The van der Waals surface area contributed by atoms with Gasteiger partial charge < -0.3 is 14.6 Å². The van der Waals surface area contributed by atoms with Gasteiger partial charge in [0, 0.05) is 19.5 Å². The van der Waals surface area contributed by atoms with E-state index < -0.39 is 24.2 Å². The van der Waals surface area contributed by atoms with Crippen molar-refractivity contribution < 1.29 is 19.1 Å². The molecular weight excluding hydrogens is 251 g/mol. The first-order valence-electron chi connectivity index (χ1n) is 5.63. The molecule has 0 atom stereocenters. The molecule has 1 aromatic heterocycles. The first-order valence-corrected chi connectivity index (χ1v) is 5.63. The number of hydrogen-bond acceptors (Lipinski definition) is 2. The molecule has 0 bridgehead atoms. The summed E-state index contributed by atoms with van der Waals surface area (Å²) in [5.41, 5.74) is 0.582. The van der Waals surface area contributed by atoms with Gasteiger partial charge in [0.2, 0.25) is 0 Å². The molecule has 0 saturated heterocycles. The molecule has 1 amide bonds. The molecule has 0 aliphatic heterocycles. The van der Waals surface area contributed by atoms with Crippen molar-refractivity contribution in [3.63, 3.8) is 0 Å². The number of carboxylic acid groups (broad SMARTS) is 1. The number of nitrogens with zero attached hydrogens (tertiary/aromatic N) is 2. The molecule has 1 heterocycles. The second-order valence-electron chi connectivity index (χ2n) is 4.32. The molecule has 0 aliphatic carbocycles. The number of fused-ring (bicyclic) bond motifs is 1. The van der Waals surface area contributed by atoms with Gasteiger partial charge in [-0.3, -0.25) is 9.59 Å². The molecule has 19 heavy (non-hydrogen) atoms. The Bertz CT molecular complexity index is 663. The maximum absolute atomic E-state index is 13.7. The van der Waals surface area contributed by atoms with E-state index in [1.165, 1.54) is 17.7 Å². The van der Waals surface area contributed by atoms with Crippen LogP contribution in [0.4, 0.5) is 4.39 Å². The monoisotopic (exact) mass is 264 g/mol. The largest absolute Gasteiger partial charge is 0.480 e. The Morgan fingerprint density at radius 3 is 2.68 bits per heavy atom. The molecule has 0 saturated carbocycles. The highest BCUT2D eigenvalue weighted by molar-refractivity contribution is 5.99. The van der Waals surface area contributed by atoms with E-state index in [2.05, 4.69) is 0 Å². The number of rotatable bonds is 3. The highest BCUT2D eigenvalue weighted by Gasteiger charge is 2.20. The standard InChI is InChI=1S/C13H13FN2O3/c1-15(7-11(17)18)13(19)10-6-8-4-3-5-9(14)12(8)16(10)2/h3-6H,7H2,1-2H3,(H,17,18). The molecule has 5 nitrogen and oxygen atoms in total. The summed E-state index contributed by atoms with van der Waals surface area (Å²) in [7, 11) is 2.97. The molecule has 2 rings (SSSR count). The predicted octanol–water partition coefficient (Wildman–Crippen LogP) is 1.47. The zero-order chi connectivity index (χ0) is 14.2. The van der Waals surface area contributed by atoms with Crippen LogP contribution < -0.4 is 0 Å². The van der Waals surface area contributed by atoms with Gasteiger partial charge in [0.15, 0.2) is 0 Å². The Kier molecular flexibility index (Phi) is 3.25. The summed E-state index contributed by atoms with van der Waals surface area (Å²) < 4.78 is 15.1. The molecule has 6 heteroatoms. The summed E-state index contributed by atoms with van der Waals surface area (Å²) in [5.74, 6) is -1.97. The zero-order valence-electron chi connectivity index (χ0n) is 10.6. The summed E-state index contributed by atoms with van der Waals surface area (Å²) in [6.45, 7) is -0.400. The first kappa shape index (κ1) is 13.1. The van der Waals surface area contributed by atoms with E-state index in [4.69, 9.17) is 5.11 Å². The van der Waals surface area contributed by atoms with Gasteiger partial charge in [-0.05, 0) is 12.1 Å². The number of carbonyl (C=O) groups excluding carboxylic acids is 1. The van der Waals surface area contributed by atoms with E-state index >= 15 is 0 Å². The fraction of sp³-hybridized carbons (Fsp3) is 0.231. The second-order valence-corrected chi connectivity index (χ2v) is 4.32. The van der Waals surface area contributed by atoms with E-state index in [-0.39, 0.29) is 5.69 Å². The third-order valence-corrected chi connectivity index (χ3v) is 2.95. The van der Waals surface area contributed by atoms with Crippen LogP contribution in [0.25, 0.3) is 10.9 Å². The van der Waals surface area contributed by atoms with Gasteiger partial charge >= 0.3 is 5.97 Å². The normalized spacial score (nSPS) is 10.7. The Morgan fingerprint density at radius 2 is 2.11 bits per heavy atom. The number of likely N-dealkylation sites (N-methyl/N-ethyl adjacent to an activating group) is 1. The van der Waals surface area contributed by atoms with E-state index in [0.29, 0.717) is 10.9 Å². The summed E-state index contributed by atoms with van der Waals surface area (Å²) >= 11 is 0. The van der Waals surface area contributed by atoms with Gasteiger partial charge in [0.1, 0.15) is 18.1 Å². The highest BCUT2D eigenvalue weighted by Crippen LogP contribution is 2.22. The Hall–Kier alpha value is -2.37. The van der Waals surface area contributed by atoms with E-state index in [1.54, 1.807) is 25.2 Å². The van der Waals surface area contributed by atoms with Crippen LogP contribution in [0, 0.1) is 5.82 Å². The number of carbonyl (C=O) groups is 2. The van der Waals surface area contributed by atoms with Crippen LogP contribution in [-0.4, -0.2) is 40.0 Å². The number of halogens is 1. The van der Waals surface area contributed by atoms with Crippen molar-refractivity contribution in [2.45, 2.75) is 0 Å². The average Bonchev–Trinajstić information content (AvgIpc) is 2.66. The van der Waals surface area contributed by atoms with Gasteiger partial charge in [-0.2, -0.15) is 0 Å². The van der Waals surface area contributed by atoms with E-state index in [1.807, 2.05) is 0 Å². The third kappa shape index (κ3) is 2.29. The number of hydrogen-bond donors (Lipinski definition) is 1. The molecule has 0 unspecified atom stereocenters. The molecule has 2 aromatic rings. The van der Waals surface area contributed by atoms with Gasteiger partial charge in [0.05, 0.1) is 5.52 Å². The number of benzene rings is 1. The van der Waals surface area contributed by atoms with Crippen molar-refractivity contribution in [2.24, 2.45) is 7.05 Å². The maximum atomic E-state index is 13.7. The van der Waals surface area contributed by atoms with Crippen LogP contribution in [0.3, 0.4) is 0 Å². The zero-order valence-corrected chi connectivity index (χ0v) is 10.6. The molecule has 0 aliphatic rings. The van der Waals surface area contributed by atoms with Crippen LogP contribution >= 0.6 is 0 Å². The first-order chi connectivity index (χ1) is 8.91.